The molecule has 1 N–H and O–H groups in total. The van der Waals surface area contributed by atoms with Crippen LogP contribution in [0, 0.1) is 12.7 Å². The van der Waals surface area contributed by atoms with Gasteiger partial charge in [0.1, 0.15) is 11.4 Å². The largest absolute Gasteiger partial charge is 0.369 e. The summed E-state index contributed by atoms with van der Waals surface area (Å²) in [7, 11) is 1.50. The molecule has 0 bridgehead atoms. The average Bonchev–Trinajstić information content (AvgIpc) is 2.31. The van der Waals surface area contributed by atoms with Crippen molar-refractivity contribution in [1.29, 1.82) is 0 Å². The van der Waals surface area contributed by atoms with Gasteiger partial charge in [0.05, 0.1) is 0 Å². The third-order valence-corrected chi connectivity index (χ3v) is 3.04. The van der Waals surface area contributed by atoms with Gasteiger partial charge in [0, 0.05) is 13.7 Å². The van der Waals surface area contributed by atoms with Crippen molar-refractivity contribution in [1.82, 2.24) is 5.32 Å². The zero-order chi connectivity index (χ0) is 13.8. The van der Waals surface area contributed by atoms with E-state index in [4.69, 9.17) is 4.74 Å². The van der Waals surface area contributed by atoms with E-state index in [1.54, 1.807) is 19.9 Å². The first-order chi connectivity index (χ1) is 8.36. The number of carbonyl (C=O) groups is 1. The van der Waals surface area contributed by atoms with Crippen LogP contribution in [0.15, 0.2) is 18.2 Å². The van der Waals surface area contributed by atoms with Crippen LogP contribution in [-0.4, -0.2) is 25.2 Å². The molecular weight excluding hydrogens is 233 g/mol. The maximum absolute atomic E-state index is 12.9. The molecule has 1 aromatic carbocycles. The van der Waals surface area contributed by atoms with Crippen LogP contribution in [0.2, 0.25) is 0 Å². The van der Waals surface area contributed by atoms with Gasteiger partial charge in [-0.2, -0.15) is 0 Å². The Kier molecular flexibility index (Phi) is 4.84. The Morgan fingerprint density at radius 2 is 2.11 bits per heavy atom. The van der Waals surface area contributed by atoms with Crippen LogP contribution < -0.4 is 5.32 Å². The third-order valence-electron chi connectivity index (χ3n) is 3.04. The number of carbonyl (C=O) groups excluding carboxylic acids is 1. The Labute approximate surface area is 107 Å². The molecular formula is C14H20FNO2. The minimum Gasteiger partial charge on any atom is -0.369 e. The second-order valence-corrected chi connectivity index (χ2v) is 4.79. The summed E-state index contributed by atoms with van der Waals surface area (Å²) >= 11 is 0. The van der Waals surface area contributed by atoms with Gasteiger partial charge < -0.3 is 10.1 Å². The molecule has 0 unspecified atom stereocenters. The predicted octanol–water partition coefficient (Wildman–Crippen LogP) is 2.22. The lowest BCUT2D eigenvalue weighted by molar-refractivity contribution is -0.139. The quantitative estimate of drug-likeness (QED) is 0.873. The van der Waals surface area contributed by atoms with Crippen molar-refractivity contribution in [3.8, 4) is 0 Å². The van der Waals surface area contributed by atoms with Crippen molar-refractivity contribution >= 4 is 5.91 Å². The number of aryl methyl sites for hydroxylation is 1. The van der Waals surface area contributed by atoms with Gasteiger partial charge in [0.15, 0.2) is 0 Å². The average molecular weight is 253 g/mol. The van der Waals surface area contributed by atoms with Gasteiger partial charge in [0.25, 0.3) is 5.91 Å². The van der Waals surface area contributed by atoms with Crippen LogP contribution >= 0.6 is 0 Å². The number of nitrogens with one attached hydrogen (secondary N) is 1. The number of amides is 1. The standard InChI is InChI=1S/C14H20FNO2/c1-10-9-12(15)6-5-11(10)7-8-16-13(17)14(2,3)18-4/h5-6,9H,7-8H2,1-4H3,(H,16,17). The fourth-order valence-electron chi connectivity index (χ4n) is 1.56. The molecule has 18 heavy (non-hydrogen) atoms. The van der Waals surface area contributed by atoms with Crippen molar-refractivity contribution in [2.45, 2.75) is 32.8 Å². The Hall–Kier alpha value is -1.42. The molecule has 0 aliphatic rings. The maximum Gasteiger partial charge on any atom is 0.251 e. The van der Waals surface area contributed by atoms with Crippen LogP contribution in [0.3, 0.4) is 0 Å². The molecule has 0 atom stereocenters. The summed E-state index contributed by atoms with van der Waals surface area (Å²) in [6.45, 7) is 5.80. The lowest BCUT2D eigenvalue weighted by atomic mass is 10.1. The minimum absolute atomic E-state index is 0.148. The molecule has 0 saturated heterocycles. The Morgan fingerprint density at radius 1 is 1.44 bits per heavy atom. The molecule has 1 amide bonds. The number of benzene rings is 1. The zero-order valence-electron chi connectivity index (χ0n) is 11.3. The fraction of sp³-hybridized carbons (Fsp3) is 0.500. The molecule has 0 aliphatic heterocycles. The van der Waals surface area contributed by atoms with E-state index in [9.17, 15) is 9.18 Å². The molecule has 0 aromatic heterocycles. The van der Waals surface area contributed by atoms with Crippen LogP contribution in [0.25, 0.3) is 0 Å². The molecule has 1 aromatic rings. The molecule has 0 spiro atoms. The summed E-state index contributed by atoms with van der Waals surface area (Å²) in [6.07, 6.45) is 0.678. The summed E-state index contributed by atoms with van der Waals surface area (Å²) in [5.74, 6) is -0.384. The molecule has 0 aliphatic carbocycles. The molecule has 0 heterocycles. The summed E-state index contributed by atoms with van der Waals surface area (Å²) in [5, 5.41) is 2.81. The summed E-state index contributed by atoms with van der Waals surface area (Å²) in [6, 6.07) is 4.68. The van der Waals surface area contributed by atoms with Gasteiger partial charge in [-0.15, -0.1) is 0 Å². The number of hydrogen-bond acceptors (Lipinski definition) is 2. The Morgan fingerprint density at radius 3 is 2.67 bits per heavy atom. The number of rotatable bonds is 5. The van der Waals surface area contributed by atoms with E-state index in [0.717, 1.165) is 11.1 Å². The lowest BCUT2D eigenvalue weighted by Crippen LogP contribution is -2.44. The van der Waals surface area contributed by atoms with Gasteiger partial charge in [-0.25, -0.2) is 4.39 Å². The van der Waals surface area contributed by atoms with Gasteiger partial charge in [-0.3, -0.25) is 4.79 Å². The Bertz CT molecular complexity index is 430. The topological polar surface area (TPSA) is 38.3 Å². The van der Waals surface area contributed by atoms with Crippen molar-refractivity contribution in [3.05, 3.63) is 35.1 Å². The number of methoxy groups -OCH3 is 1. The van der Waals surface area contributed by atoms with Crippen molar-refractivity contribution in [3.63, 3.8) is 0 Å². The number of ether oxygens (including phenoxy) is 1. The molecule has 1 rings (SSSR count). The first-order valence-electron chi connectivity index (χ1n) is 5.95. The Balaban J connectivity index is 2.50. The van der Waals surface area contributed by atoms with Crippen LogP contribution in [0.4, 0.5) is 4.39 Å². The van der Waals surface area contributed by atoms with E-state index in [2.05, 4.69) is 5.32 Å². The van der Waals surface area contributed by atoms with Crippen molar-refractivity contribution in [2.24, 2.45) is 0 Å². The highest BCUT2D eigenvalue weighted by atomic mass is 19.1. The van der Waals surface area contributed by atoms with Crippen LogP contribution in [0.5, 0.6) is 0 Å². The van der Waals surface area contributed by atoms with Crippen molar-refractivity contribution < 1.29 is 13.9 Å². The molecule has 0 saturated carbocycles. The minimum atomic E-state index is -0.822. The maximum atomic E-state index is 12.9. The lowest BCUT2D eigenvalue weighted by Gasteiger charge is -2.21. The zero-order valence-corrected chi connectivity index (χ0v) is 11.3. The van der Waals surface area contributed by atoms with E-state index < -0.39 is 5.60 Å². The summed E-state index contributed by atoms with van der Waals surface area (Å²) in [5.41, 5.74) is 1.11. The first-order valence-corrected chi connectivity index (χ1v) is 5.95. The van der Waals surface area contributed by atoms with Gasteiger partial charge in [0.2, 0.25) is 0 Å². The second-order valence-electron chi connectivity index (χ2n) is 4.79. The number of halogens is 1. The van der Waals surface area contributed by atoms with E-state index >= 15 is 0 Å². The summed E-state index contributed by atoms with van der Waals surface area (Å²) < 4.78 is 18.0. The predicted molar refractivity (Wildman–Crippen MR) is 68.9 cm³/mol. The summed E-state index contributed by atoms with van der Waals surface area (Å²) in [4.78, 5) is 11.7. The first kappa shape index (κ1) is 14.6. The van der Waals surface area contributed by atoms with E-state index in [1.807, 2.05) is 6.92 Å². The highest BCUT2D eigenvalue weighted by Crippen LogP contribution is 2.11. The van der Waals surface area contributed by atoms with E-state index in [-0.39, 0.29) is 11.7 Å². The molecule has 3 nitrogen and oxygen atoms in total. The van der Waals surface area contributed by atoms with Gasteiger partial charge in [-0.1, -0.05) is 6.07 Å². The monoisotopic (exact) mass is 253 g/mol. The van der Waals surface area contributed by atoms with Gasteiger partial charge >= 0.3 is 0 Å². The number of hydrogen-bond donors (Lipinski definition) is 1. The molecule has 4 heteroatoms. The van der Waals surface area contributed by atoms with Crippen LogP contribution in [0.1, 0.15) is 25.0 Å². The molecule has 100 valence electrons. The highest BCUT2D eigenvalue weighted by molar-refractivity contribution is 5.84. The van der Waals surface area contributed by atoms with E-state index in [1.165, 1.54) is 19.2 Å². The molecule has 0 radical (unpaired) electrons. The normalized spacial score (nSPS) is 11.4. The van der Waals surface area contributed by atoms with E-state index in [0.29, 0.717) is 13.0 Å². The van der Waals surface area contributed by atoms with Crippen molar-refractivity contribution in [2.75, 3.05) is 13.7 Å². The fourth-order valence-corrected chi connectivity index (χ4v) is 1.56. The van der Waals surface area contributed by atoms with Crippen LogP contribution in [-0.2, 0) is 16.0 Å². The smallest absolute Gasteiger partial charge is 0.251 e. The van der Waals surface area contributed by atoms with Gasteiger partial charge in [-0.05, 0) is 50.5 Å². The SMILES string of the molecule is COC(C)(C)C(=O)NCCc1ccc(F)cc1C. The molecule has 0 fully saturated rings. The second kappa shape index (κ2) is 5.96. The third kappa shape index (κ3) is 3.81. The highest BCUT2D eigenvalue weighted by Gasteiger charge is 2.26.